The van der Waals surface area contributed by atoms with Crippen LogP contribution in [0.4, 0.5) is 9.90 Å². The van der Waals surface area contributed by atoms with E-state index < -0.39 is 11.8 Å². The third-order valence-corrected chi connectivity index (χ3v) is 2.74. The van der Waals surface area contributed by atoms with Gasteiger partial charge in [-0.15, -0.1) is 11.6 Å². The average molecular weight is 398 g/mol. The smallest absolute Gasteiger partial charge is 0.322 e. The average Bonchev–Trinajstić information content (AvgIpc) is 2.96. The van der Waals surface area contributed by atoms with Crippen molar-refractivity contribution in [1.29, 1.82) is 0 Å². The number of hydrogen-bond donors (Lipinski definition) is 2. The monoisotopic (exact) mass is 398 g/mol. The molecular formula is C12H10FN4O3SY-. The second-order valence-electron chi connectivity index (χ2n) is 3.73. The third kappa shape index (κ3) is 4.86. The van der Waals surface area contributed by atoms with E-state index in [1.54, 1.807) is 0 Å². The van der Waals surface area contributed by atoms with Crippen molar-refractivity contribution in [1.82, 2.24) is 15.5 Å². The molecule has 0 spiro atoms. The van der Waals surface area contributed by atoms with E-state index in [0.29, 0.717) is 4.90 Å². The number of benzene rings is 1. The molecule has 0 atom stereocenters. The van der Waals surface area contributed by atoms with Gasteiger partial charge in [-0.05, 0) is 18.2 Å². The van der Waals surface area contributed by atoms with E-state index in [0.717, 1.165) is 0 Å². The number of carbonyl (C=O) groups is 2. The van der Waals surface area contributed by atoms with Crippen LogP contribution in [0.15, 0.2) is 33.6 Å². The molecule has 2 N–H and O–H groups in total. The first-order chi connectivity index (χ1) is 10.1. The number of amides is 2. The first kappa shape index (κ1) is 18.7. The van der Waals surface area contributed by atoms with E-state index in [9.17, 15) is 13.5 Å². The Morgan fingerprint density at radius 2 is 2.09 bits per heavy atom. The van der Waals surface area contributed by atoms with Crippen molar-refractivity contribution >= 4 is 30.0 Å². The molecule has 1 aromatic heterocycles. The van der Waals surface area contributed by atoms with Gasteiger partial charge in [0, 0.05) is 43.2 Å². The van der Waals surface area contributed by atoms with Gasteiger partial charge in [0.1, 0.15) is 0 Å². The van der Waals surface area contributed by atoms with Gasteiger partial charge in [-0.2, -0.15) is 3.89 Å². The molecule has 1 aromatic carbocycles. The van der Waals surface area contributed by atoms with Crippen molar-refractivity contribution in [3.8, 4) is 0 Å². The molecule has 0 unspecified atom stereocenters. The minimum Gasteiger partial charge on any atom is -0.399 e. The van der Waals surface area contributed by atoms with Crippen LogP contribution in [0, 0.1) is 6.92 Å². The van der Waals surface area contributed by atoms with Crippen molar-refractivity contribution < 1.29 is 50.6 Å². The Hall–Kier alpha value is -1.32. The summed E-state index contributed by atoms with van der Waals surface area (Å²) in [5.74, 6) is -1.44. The zero-order valence-electron chi connectivity index (χ0n) is 11.2. The molecule has 10 heteroatoms. The summed E-state index contributed by atoms with van der Waals surface area (Å²) in [4.78, 5) is 23.6. The number of anilines is 1. The second-order valence-corrected chi connectivity index (χ2v) is 4.35. The minimum atomic E-state index is -0.589. The van der Waals surface area contributed by atoms with Gasteiger partial charge in [-0.1, -0.05) is 11.2 Å². The fourth-order valence-electron chi connectivity index (χ4n) is 1.41. The molecule has 7 nitrogen and oxygen atoms in total. The predicted molar refractivity (Wildman–Crippen MR) is 73.3 cm³/mol. The van der Waals surface area contributed by atoms with E-state index in [4.69, 9.17) is 4.42 Å². The van der Waals surface area contributed by atoms with Gasteiger partial charge < -0.3 is 16.7 Å². The molecule has 0 bridgehead atoms. The van der Waals surface area contributed by atoms with Crippen molar-refractivity contribution in [3.05, 3.63) is 42.6 Å². The van der Waals surface area contributed by atoms with Crippen LogP contribution >= 0.6 is 12.1 Å². The zero-order chi connectivity index (χ0) is 15.2. The van der Waals surface area contributed by atoms with E-state index >= 15 is 0 Å². The van der Waals surface area contributed by atoms with Gasteiger partial charge in [0.2, 0.25) is 0 Å². The second kappa shape index (κ2) is 8.97. The third-order valence-electron chi connectivity index (χ3n) is 2.31. The van der Waals surface area contributed by atoms with Crippen LogP contribution in [0.25, 0.3) is 0 Å². The largest absolute Gasteiger partial charge is 0.399 e. The van der Waals surface area contributed by atoms with Crippen molar-refractivity contribution in [2.45, 2.75) is 4.90 Å². The van der Waals surface area contributed by atoms with Crippen LogP contribution in [-0.2, 0) is 32.7 Å². The Kier molecular flexibility index (Phi) is 7.63. The zero-order valence-corrected chi connectivity index (χ0v) is 14.9. The Bertz CT molecular complexity index is 667. The van der Waals surface area contributed by atoms with Crippen molar-refractivity contribution in [2.75, 3.05) is 11.9 Å². The Labute approximate surface area is 155 Å². The fourth-order valence-corrected chi connectivity index (χ4v) is 1.71. The molecule has 2 rings (SSSR count). The van der Waals surface area contributed by atoms with E-state index in [1.807, 2.05) is 0 Å². The van der Waals surface area contributed by atoms with E-state index in [2.05, 4.69) is 27.8 Å². The summed E-state index contributed by atoms with van der Waals surface area (Å²) >= 11 is 0.0299. The number of hydrogen-bond acceptors (Lipinski definition) is 6. The Morgan fingerprint density at radius 1 is 1.32 bits per heavy atom. The van der Waals surface area contributed by atoms with Gasteiger partial charge in [0.15, 0.2) is 0 Å². The number of nitrogens with one attached hydrogen (secondary N) is 2. The summed E-state index contributed by atoms with van der Waals surface area (Å²) in [7, 11) is 0. The van der Waals surface area contributed by atoms with E-state index in [-0.39, 0.29) is 68.9 Å². The normalized spacial score (nSPS) is 9.73. The fraction of sp³-hybridized carbons (Fsp3) is 0.0833. The molecule has 1 heterocycles. The maximum absolute atomic E-state index is 12.5. The van der Waals surface area contributed by atoms with Gasteiger partial charge >= 0.3 is 17.8 Å². The van der Waals surface area contributed by atoms with Gasteiger partial charge in [0.05, 0.1) is 12.1 Å². The van der Waals surface area contributed by atoms with Gasteiger partial charge in [-0.3, -0.25) is 14.9 Å². The quantitative estimate of drug-likeness (QED) is 0.747. The number of aromatic nitrogens is 2. The molecule has 0 aliphatic heterocycles. The topological polar surface area (TPSA) is 97.1 Å². The van der Waals surface area contributed by atoms with Crippen molar-refractivity contribution in [3.63, 3.8) is 0 Å². The SMILES string of the molecule is [CH2-]CNC(=O)c1nnc(NC(=O)c2cccc(SF)c2)o1.[Y]. The summed E-state index contributed by atoms with van der Waals surface area (Å²) in [5, 5.41) is 11.7. The Balaban J connectivity index is 0.00000242. The van der Waals surface area contributed by atoms with Gasteiger partial charge in [-0.25, -0.2) is 0 Å². The molecule has 1 radical (unpaired) electrons. The van der Waals surface area contributed by atoms with E-state index in [1.165, 1.54) is 24.3 Å². The van der Waals surface area contributed by atoms with Crippen LogP contribution < -0.4 is 10.6 Å². The standard InChI is InChI=1S/C12H10FN4O3S.Y/c1-2-14-10(19)11-16-17-12(20-11)15-9(18)7-4-3-5-8(6-7)21-13;/h3-6H,1-2H2,(H,14,19)(H,15,17,18);/q-1;. The molecule has 0 saturated heterocycles. The van der Waals surface area contributed by atoms with Crippen molar-refractivity contribution in [2.24, 2.45) is 0 Å². The first-order valence-electron chi connectivity index (χ1n) is 5.75. The molecule has 0 fully saturated rings. The van der Waals surface area contributed by atoms with Crippen LogP contribution in [0.2, 0.25) is 0 Å². The predicted octanol–water partition coefficient (Wildman–Crippen LogP) is 1.86. The Morgan fingerprint density at radius 3 is 2.77 bits per heavy atom. The number of rotatable bonds is 5. The number of nitrogens with zero attached hydrogens (tertiary/aromatic N) is 2. The molecule has 0 aliphatic rings. The minimum absolute atomic E-state index is 0. The molecule has 2 amide bonds. The summed E-state index contributed by atoms with van der Waals surface area (Å²) < 4.78 is 17.4. The molecule has 2 aromatic rings. The maximum Gasteiger partial charge on any atom is 0.322 e. The molecule has 0 aliphatic carbocycles. The van der Waals surface area contributed by atoms with Crippen LogP contribution in [0.5, 0.6) is 0 Å². The first-order valence-corrected chi connectivity index (χ1v) is 6.46. The van der Waals surface area contributed by atoms with Crippen LogP contribution in [-0.4, -0.2) is 28.6 Å². The molecule has 22 heavy (non-hydrogen) atoms. The summed E-state index contributed by atoms with van der Waals surface area (Å²) in [5.41, 5.74) is 0.222. The molecular weight excluding hydrogens is 388 g/mol. The van der Waals surface area contributed by atoms with Gasteiger partial charge in [0.25, 0.3) is 5.91 Å². The summed E-state index contributed by atoms with van der Waals surface area (Å²) in [6.45, 7) is 3.60. The molecule has 0 saturated carbocycles. The van der Waals surface area contributed by atoms with Crippen LogP contribution in [0.3, 0.4) is 0 Å². The number of halogens is 1. The summed E-state index contributed by atoms with van der Waals surface area (Å²) in [6.07, 6.45) is 0. The molecule has 113 valence electrons. The summed E-state index contributed by atoms with van der Waals surface area (Å²) in [6, 6.07) is 5.70. The maximum atomic E-state index is 12.5. The number of carbonyl (C=O) groups excluding carboxylic acids is 2. The van der Waals surface area contributed by atoms with Crippen LogP contribution in [0.1, 0.15) is 21.0 Å².